The van der Waals surface area contributed by atoms with Crippen LogP contribution in [0.15, 0.2) is 12.2 Å². The number of hydrogen-bond acceptors (Lipinski definition) is 2. The van der Waals surface area contributed by atoms with Crippen molar-refractivity contribution in [2.75, 3.05) is 13.2 Å². The fourth-order valence-corrected chi connectivity index (χ4v) is 3.66. The summed E-state index contributed by atoms with van der Waals surface area (Å²) in [5.74, 6) is 1.04. The fraction of sp³-hybridized carbons (Fsp3) is 0.842. The molecule has 0 spiro atoms. The number of rotatable bonds is 13. The van der Waals surface area contributed by atoms with Gasteiger partial charge in [0.25, 0.3) is 0 Å². The second-order valence-corrected chi connectivity index (χ2v) is 6.52. The first-order valence-corrected chi connectivity index (χ1v) is 9.21. The average molecular weight is 310 g/mol. The van der Waals surface area contributed by atoms with E-state index in [4.69, 9.17) is 9.84 Å². The maximum atomic E-state index is 10.4. The van der Waals surface area contributed by atoms with Crippen molar-refractivity contribution in [3.05, 3.63) is 12.2 Å². The number of carbonyl (C=O) groups is 1. The summed E-state index contributed by atoms with van der Waals surface area (Å²) in [6.07, 6.45) is 17.2. The Labute approximate surface area is 136 Å². The molecular weight excluding hydrogens is 276 g/mol. The van der Waals surface area contributed by atoms with Gasteiger partial charge in [0.15, 0.2) is 0 Å². The summed E-state index contributed by atoms with van der Waals surface area (Å²) in [5.41, 5.74) is 0. The van der Waals surface area contributed by atoms with Crippen molar-refractivity contribution < 1.29 is 14.6 Å². The number of unbranched alkanes of at least 4 members (excludes halogenated alkanes) is 4. The van der Waals surface area contributed by atoms with Crippen LogP contribution in [0.4, 0.5) is 0 Å². The van der Waals surface area contributed by atoms with Crippen molar-refractivity contribution in [3.8, 4) is 0 Å². The third-order valence-corrected chi connectivity index (χ3v) is 4.84. The molecule has 2 atom stereocenters. The van der Waals surface area contributed by atoms with Gasteiger partial charge in [0.2, 0.25) is 0 Å². The fourth-order valence-electron chi connectivity index (χ4n) is 3.66. The normalized spacial score (nSPS) is 21.7. The Morgan fingerprint density at radius 1 is 1.09 bits per heavy atom. The maximum absolute atomic E-state index is 10.4. The van der Waals surface area contributed by atoms with Gasteiger partial charge < -0.3 is 9.84 Å². The number of hydrogen-bond donors (Lipinski definition) is 1. The van der Waals surface area contributed by atoms with E-state index >= 15 is 0 Å². The first-order valence-electron chi connectivity index (χ1n) is 9.21. The van der Waals surface area contributed by atoms with Gasteiger partial charge in [0.05, 0.1) is 0 Å². The second kappa shape index (κ2) is 12.7. The minimum Gasteiger partial charge on any atom is -0.478 e. The Bertz CT molecular complexity index is 312. The van der Waals surface area contributed by atoms with Crippen molar-refractivity contribution >= 4 is 5.97 Å². The van der Waals surface area contributed by atoms with Gasteiger partial charge in [-0.15, -0.1) is 0 Å². The lowest BCUT2D eigenvalue weighted by Gasteiger charge is -2.19. The van der Waals surface area contributed by atoms with Gasteiger partial charge in [-0.1, -0.05) is 57.4 Å². The van der Waals surface area contributed by atoms with Gasteiger partial charge in [-0.3, -0.25) is 0 Å². The molecule has 1 fully saturated rings. The minimum atomic E-state index is -0.833. The van der Waals surface area contributed by atoms with E-state index in [0.29, 0.717) is 0 Å². The predicted molar refractivity (Wildman–Crippen MR) is 91.0 cm³/mol. The number of ether oxygens (including phenoxy) is 1. The molecule has 0 unspecified atom stereocenters. The Hall–Kier alpha value is -0.830. The van der Waals surface area contributed by atoms with Crippen LogP contribution in [0.2, 0.25) is 0 Å². The molecule has 0 heterocycles. The molecule has 3 heteroatoms. The SMILES string of the molecule is CCOCCCCC[C@H]1CCC[C@@H]1CCCCC=CC(=O)O. The molecule has 0 aromatic rings. The lowest BCUT2D eigenvalue weighted by molar-refractivity contribution is -0.131. The van der Waals surface area contributed by atoms with Gasteiger partial charge in [-0.05, 0) is 38.0 Å². The van der Waals surface area contributed by atoms with Crippen LogP contribution < -0.4 is 0 Å². The Morgan fingerprint density at radius 2 is 1.77 bits per heavy atom. The smallest absolute Gasteiger partial charge is 0.327 e. The zero-order valence-electron chi connectivity index (χ0n) is 14.3. The Balaban J connectivity index is 2.03. The molecule has 22 heavy (non-hydrogen) atoms. The molecule has 0 bridgehead atoms. The first-order chi connectivity index (χ1) is 10.7. The third kappa shape index (κ3) is 9.24. The highest BCUT2D eigenvalue weighted by Crippen LogP contribution is 2.38. The molecule has 1 aliphatic carbocycles. The van der Waals surface area contributed by atoms with Gasteiger partial charge in [0.1, 0.15) is 0 Å². The van der Waals surface area contributed by atoms with E-state index in [1.807, 2.05) is 0 Å². The molecular formula is C19H34O3. The average Bonchev–Trinajstić information content (AvgIpc) is 2.93. The molecule has 0 radical (unpaired) electrons. The van der Waals surface area contributed by atoms with Crippen LogP contribution in [-0.4, -0.2) is 24.3 Å². The van der Waals surface area contributed by atoms with Crippen LogP contribution in [-0.2, 0) is 9.53 Å². The Morgan fingerprint density at radius 3 is 2.41 bits per heavy atom. The standard InChI is InChI=1S/C19H34O3/c1-2-22-16-9-5-7-12-18-14-10-13-17(18)11-6-3-4-8-15-19(20)21/h8,15,17-18H,2-7,9-14,16H2,1H3,(H,20,21)/t17-,18-/m0/s1. The van der Waals surface area contributed by atoms with Gasteiger partial charge in [-0.2, -0.15) is 0 Å². The summed E-state index contributed by atoms with van der Waals surface area (Å²) in [7, 11) is 0. The van der Waals surface area contributed by atoms with Crippen LogP contribution in [0.25, 0.3) is 0 Å². The largest absolute Gasteiger partial charge is 0.478 e. The van der Waals surface area contributed by atoms with E-state index in [-0.39, 0.29) is 0 Å². The quantitative estimate of drug-likeness (QED) is 0.375. The van der Waals surface area contributed by atoms with Gasteiger partial charge >= 0.3 is 5.97 Å². The summed E-state index contributed by atoms with van der Waals surface area (Å²) < 4.78 is 5.38. The molecule has 0 aliphatic heterocycles. The zero-order chi connectivity index (χ0) is 16.0. The van der Waals surface area contributed by atoms with Crippen molar-refractivity contribution in [1.29, 1.82) is 0 Å². The maximum Gasteiger partial charge on any atom is 0.327 e. The molecule has 0 amide bonds. The van der Waals surface area contributed by atoms with Crippen LogP contribution in [0, 0.1) is 11.8 Å². The molecule has 128 valence electrons. The van der Waals surface area contributed by atoms with Crippen molar-refractivity contribution in [2.24, 2.45) is 11.8 Å². The molecule has 3 nitrogen and oxygen atoms in total. The summed E-state index contributed by atoms with van der Waals surface area (Å²) in [4.78, 5) is 10.4. The van der Waals surface area contributed by atoms with E-state index < -0.39 is 5.97 Å². The van der Waals surface area contributed by atoms with Crippen molar-refractivity contribution in [2.45, 2.75) is 77.6 Å². The highest BCUT2D eigenvalue weighted by Gasteiger charge is 2.25. The van der Waals surface area contributed by atoms with Gasteiger partial charge in [-0.25, -0.2) is 4.79 Å². The van der Waals surface area contributed by atoms with E-state index in [9.17, 15) is 4.79 Å². The molecule has 1 rings (SSSR count). The lowest BCUT2D eigenvalue weighted by Crippen LogP contribution is -2.08. The third-order valence-electron chi connectivity index (χ3n) is 4.84. The minimum absolute atomic E-state index is 0.833. The molecule has 1 saturated carbocycles. The molecule has 0 aromatic heterocycles. The molecule has 0 aromatic carbocycles. The first kappa shape index (κ1) is 19.2. The lowest BCUT2D eigenvalue weighted by atomic mass is 9.87. The number of carboxylic acids is 1. The highest BCUT2D eigenvalue weighted by atomic mass is 16.5. The number of aliphatic carboxylic acids is 1. The highest BCUT2D eigenvalue weighted by molar-refractivity contribution is 5.79. The van der Waals surface area contributed by atoms with Crippen LogP contribution >= 0.6 is 0 Å². The van der Waals surface area contributed by atoms with Crippen molar-refractivity contribution in [1.82, 2.24) is 0 Å². The zero-order valence-corrected chi connectivity index (χ0v) is 14.3. The van der Waals surface area contributed by atoms with Crippen LogP contribution in [0.3, 0.4) is 0 Å². The predicted octanol–water partition coefficient (Wildman–Crippen LogP) is 5.20. The van der Waals surface area contributed by atoms with Gasteiger partial charge in [0, 0.05) is 19.3 Å². The number of allylic oxidation sites excluding steroid dienone is 1. The van der Waals surface area contributed by atoms with Crippen LogP contribution in [0.1, 0.15) is 77.6 Å². The monoisotopic (exact) mass is 310 g/mol. The van der Waals surface area contributed by atoms with E-state index in [2.05, 4.69) is 6.92 Å². The summed E-state index contributed by atoms with van der Waals surface area (Å²) >= 11 is 0. The summed E-state index contributed by atoms with van der Waals surface area (Å²) in [5, 5.41) is 8.53. The topological polar surface area (TPSA) is 46.5 Å². The van der Waals surface area contributed by atoms with Crippen molar-refractivity contribution in [3.63, 3.8) is 0 Å². The molecule has 1 aliphatic rings. The second-order valence-electron chi connectivity index (χ2n) is 6.52. The summed E-state index contributed by atoms with van der Waals surface area (Å²) in [6, 6.07) is 0. The van der Waals surface area contributed by atoms with Crippen LogP contribution in [0.5, 0.6) is 0 Å². The Kier molecular flexibility index (Phi) is 11.1. The molecule has 0 saturated heterocycles. The summed E-state index contributed by atoms with van der Waals surface area (Å²) in [6.45, 7) is 3.82. The van der Waals surface area contributed by atoms with E-state index in [1.54, 1.807) is 6.08 Å². The molecule has 1 N–H and O–H groups in total. The number of carboxylic acid groups (broad SMARTS) is 1. The van der Waals surface area contributed by atoms with E-state index in [1.165, 1.54) is 63.9 Å². The van der Waals surface area contributed by atoms with E-state index in [0.717, 1.165) is 37.9 Å².